The van der Waals surface area contributed by atoms with E-state index in [1.165, 1.54) is 0 Å². The minimum Gasteiger partial charge on any atom is -0.541 e. The summed E-state index contributed by atoms with van der Waals surface area (Å²) in [6, 6.07) is 1.91. The topological polar surface area (TPSA) is 22.4 Å². The molecule has 2 nitrogen and oxygen atoms in total. The summed E-state index contributed by atoms with van der Waals surface area (Å²) in [4.78, 5) is 0. The highest BCUT2D eigenvalue weighted by Crippen LogP contribution is 2.42. The Labute approximate surface area is 100 Å². The maximum Gasteiger partial charge on any atom is 0.258 e. The minimum atomic E-state index is -1.79. The van der Waals surface area contributed by atoms with Crippen LogP contribution in [0.25, 0.3) is 0 Å². The van der Waals surface area contributed by atoms with Crippen molar-refractivity contribution >= 4 is 8.32 Å². The monoisotopic (exact) mass is 240 g/mol. The van der Waals surface area contributed by atoms with E-state index >= 15 is 0 Å². The summed E-state index contributed by atoms with van der Waals surface area (Å²) in [7, 11) is -1.79. The van der Waals surface area contributed by atoms with E-state index in [-0.39, 0.29) is 0 Å². The molecule has 0 amide bonds. The number of hydrogen-bond acceptors (Lipinski definition) is 2. The Hall–Kier alpha value is -0.703. The van der Waals surface area contributed by atoms with Gasteiger partial charge in [-0.2, -0.15) is 0 Å². The number of hydrogen-bond donors (Lipinski definition) is 0. The van der Waals surface area contributed by atoms with Gasteiger partial charge in [0.25, 0.3) is 8.32 Å². The zero-order chi connectivity index (χ0) is 12.3. The van der Waals surface area contributed by atoms with E-state index in [2.05, 4.69) is 41.5 Å². The van der Waals surface area contributed by atoms with Crippen molar-refractivity contribution in [2.75, 3.05) is 0 Å². The predicted octanol–water partition coefficient (Wildman–Crippen LogP) is 4.83. The van der Waals surface area contributed by atoms with E-state index in [0.29, 0.717) is 16.6 Å². The van der Waals surface area contributed by atoms with Gasteiger partial charge in [-0.15, -0.1) is 0 Å². The van der Waals surface area contributed by atoms with Crippen molar-refractivity contribution in [1.82, 2.24) is 0 Å². The second-order valence-electron chi connectivity index (χ2n) is 5.38. The lowest BCUT2D eigenvalue weighted by Crippen LogP contribution is -2.50. The first kappa shape index (κ1) is 13.4. The molecular weight excluding hydrogens is 216 g/mol. The third-order valence-corrected chi connectivity index (χ3v) is 9.50. The van der Waals surface area contributed by atoms with Crippen molar-refractivity contribution in [1.29, 1.82) is 0 Å². The molecule has 0 spiro atoms. The van der Waals surface area contributed by atoms with Gasteiger partial charge in [-0.05, 0) is 16.6 Å². The summed E-state index contributed by atoms with van der Waals surface area (Å²) >= 11 is 0. The molecule has 0 atom stereocenters. The fourth-order valence-corrected chi connectivity index (χ4v) is 8.10. The van der Waals surface area contributed by atoms with Gasteiger partial charge in [0, 0.05) is 6.07 Å². The van der Waals surface area contributed by atoms with Crippen LogP contribution >= 0.6 is 0 Å². The smallest absolute Gasteiger partial charge is 0.258 e. The van der Waals surface area contributed by atoms with Crippen molar-refractivity contribution in [3.63, 3.8) is 0 Å². The molecular formula is C13H24O2Si. The van der Waals surface area contributed by atoms with E-state index < -0.39 is 8.32 Å². The van der Waals surface area contributed by atoms with Gasteiger partial charge in [-0.1, -0.05) is 41.5 Å². The highest BCUT2D eigenvalue weighted by atomic mass is 28.4. The Morgan fingerprint density at radius 1 is 1.00 bits per heavy atom. The van der Waals surface area contributed by atoms with Crippen LogP contribution in [0.1, 0.15) is 41.5 Å². The van der Waals surface area contributed by atoms with Crippen molar-refractivity contribution < 1.29 is 8.84 Å². The van der Waals surface area contributed by atoms with Gasteiger partial charge in [0.15, 0.2) is 0 Å². The Bertz CT molecular complexity index is 280. The van der Waals surface area contributed by atoms with Crippen LogP contribution in [0.2, 0.25) is 16.6 Å². The Morgan fingerprint density at radius 3 is 1.81 bits per heavy atom. The third kappa shape index (κ3) is 2.34. The number of rotatable bonds is 5. The SMILES string of the molecule is CC(C)[Si](Oc1ccoc1)(C(C)C)C(C)C. The number of furan rings is 1. The van der Waals surface area contributed by atoms with E-state index in [9.17, 15) is 0 Å². The van der Waals surface area contributed by atoms with Crippen LogP contribution in [-0.2, 0) is 0 Å². The van der Waals surface area contributed by atoms with Crippen LogP contribution in [-0.4, -0.2) is 8.32 Å². The van der Waals surface area contributed by atoms with Crippen LogP contribution in [0, 0.1) is 0 Å². The van der Waals surface area contributed by atoms with Gasteiger partial charge in [0.1, 0.15) is 12.0 Å². The first-order chi connectivity index (χ1) is 7.41. The molecule has 0 saturated heterocycles. The summed E-state index contributed by atoms with van der Waals surface area (Å²) < 4.78 is 11.5. The van der Waals surface area contributed by atoms with Crippen molar-refractivity contribution in [2.24, 2.45) is 0 Å². The highest BCUT2D eigenvalue weighted by molar-refractivity contribution is 6.78. The molecule has 16 heavy (non-hydrogen) atoms. The largest absolute Gasteiger partial charge is 0.541 e. The average molecular weight is 240 g/mol. The van der Waals surface area contributed by atoms with Crippen LogP contribution in [0.5, 0.6) is 5.75 Å². The van der Waals surface area contributed by atoms with Gasteiger partial charge in [0.2, 0.25) is 0 Å². The quantitative estimate of drug-likeness (QED) is 0.687. The summed E-state index contributed by atoms with van der Waals surface area (Å²) in [5, 5.41) is 0. The molecule has 1 heterocycles. The summed E-state index contributed by atoms with van der Waals surface area (Å²) in [6.07, 6.45) is 3.38. The maximum atomic E-state index is 6.37. The standard InChI is InChI=1S/C13H24O2Si/c1-10(2)16(11(3)4,12(5)6)15-13-7-8-14-9-13/h7-12H,1-6H3. The van der Waals surface area contributed by atoms with Crippen LogP contribution in [0.15, 0.2) is 23.0 Å². The van der Waals surface area contributed by atoms with Crippen molar-refractivity contribution in [3.05, 3.63) is 18.6 Å². The molecule has 1 aromatic heterocycles. The zero-order valence-electron chi connectivity index (χ0n) is 11.3. The lowest BCUT2D eigenvalue weighted by molar-refractivity contribution is 0.466. The first-order valence-electron chi connectivity index (χ1n) is 6.12. The Balaban J connectivity index is 3.02. The molecule has 0 N–H and O–H groups in total. The fraction of sp³-hybridized carbons (Fsp3) is 0.692. The molecule has 0 radical (unpaired) electrons. The van der Waals surface area contributed by atoms with E-state index in [1.54, 1.807) is 12.5 Å². The second kappa shape index (κ2) is 5.08. The Morgan fingerprint density at radius 2 is 1.50 bits per heavy atom. The minimum absolute atomic E-state index is 0.599. The second-order valence-corrected chi connectivity index (χ2v) is 10.8. The fourth-order valence-electron chi connectivity index (χ4n) is 2.87. The molecule has 1 aromatic rings. The van der Waals surface area contributed by atoms with Crippen molar-refractivity contribution in [2.45, 2.75) is 58.2 Å². The maximum absolute atomic E-state index is 6.37. The normalized spacial score (nSPS) is 12.8. The third-order valence-electron chi connectivity index (χ3n) is 3.50. The molecule has 3 heteroatoms. The lowest BCUT2D eigenvalue weighted by atomic mass is 10.5. The summed E-state index contributed by atoms with van der Waals surface area (Å²) in [5.41, 5.74) is 1.80. The molecule has 0 unspecified atom stereocenters. The van der Waals surface area contributed by atoms with Crippen LogP contribution in [0.3, 0.4) is 0 Å². The van der Waals surface area contributed by atoms with Crippen molar-refractivity contribution in [3.8, 4) is 5.75 Å². The van der Waals surface area contributed by atoms with Gasteiger partial charge in [0.05, 0.1) is 6.26 Å². The van der Waals surface area contributed by atoms with Gasteiger partial charge in [-0.25, -0.2) is 0 Å². The zero-order valence-corrected chi connectivity index (χ0v) is 12.3. The molecule has 0 bridgehead atoms. The Kier molecular flexibility index (Phi) is 4.25. The molecule has 92 valence electrons. The van der Waals surface area contributed by atoms with Gasteiger partial charge < -0.3 is 8.84 Å². The average Bonchev–Trinajstić information content (AvgIpc) is 2.64. The van der Waals surface area contributed by atoms with Gasteiger partial charge in [-0.3, -0.25) is 0 Å². The molecule has 1 rings (SSSR count). The molecule has 0 fully saturated rings. The predicted molar refractivity (Wildman–Crippen MR) is 70.4 cm³/mol. The molecule has 0 aliphatic carbocycles. The van der Waals surface area contributed by atoms with E-state index in [1.807, 2.05) is 6.07 Å². The molecule has 0 saturated carbocycles. The first-order valence-corrected chi connectivity index (χ1v) is 8.26. The lowest BCUT2D eigenvalue weighted by Gasteiger charge is -2.41. The van der Waals surface area contributed by atoms with E-state index in [4.69, 9.17) is 8.84 Å². The van der Waals surface area contributed by atoms with Gasteiger partial charge >= 0.3 is 0 Å². The molecule has 0 aliphatic heterocycles. The molecule has 0 aliphatic rings. The highest BCUT2D eigenvalue weighted by Gasteiger charge is 2.47. The van der Waals surface area contributed by atoms with Crippen LogP contribution in [0.4, 0.5) is 0 Å². The van der Waals surface area contributed by atoms with Crippen LogP contribution < -0.4 is 4.43 Å². The molecule has 0 aromatic carbocycles. The summed E-state index contributed by atoms with van der Waals surface area (Å²) in [5.74, 6) is 0.891. The van der Waals surface area contributed by atoms with E-state index in [0.717, 1.165) is 5.75 Å². The summed E-state index contributed by atoms with van der Waals surface area (Å²) in [6.45, 7) is 13.7.